The average molecular weight is 630 g/mol. The molecule has 12 nitrogen and oxygen atoms in total. The number of ether oxygens (including phenoxy) is 3. The van der Waals surface area contributed by atoms with E-state index in [1.54, 1.807) is 4.90 Å². The first-order valence-electron chi connectivity index (χ1n) is 15.8. The highest BCUT2D eigenvalue weighted by Gasteiger charge is 2.50. The first-order chi connectivity index (χ1) is 21.4. The Labute approximate surface area is 265 Å². The number of hydrogen-bond donors (Lipinski definition) is 0. The number of carbonyl (C=O) groups excluding carboxylic acids is 2. The molecule has 1 amide bonds. The van der Waals surface area contributed by atoms with Gasteiger partial charge in [0.1, 0.15) is 5.82 Å². The van der Waals surface area contributed by atoms with Gasteiger partial charge < -0.3 is 28.9 Å². The van der Waals surface area contributed by atoms with Gasteiger partial charge >= 0.3 is 6.01 Å². The molecule has 13 heteroatoms. The van der Waals surface area contributed by atoms with Crippen molar-refractivity contribution in [3.63, 3.8) is 0 Å². The van der Waals surface area contributed by atoms with Crippen molar-refractivity contribution in [2.45, 2.75) is 66.0 Å². The Hall–Kier alpha value is -3.58. The Morgan fingerprint density at radius 2 is 1.89 bits per heavy atom. The van der Waals surface area contributed by atoms with E-state index in [0.717, 1.165) is 57.6 Å². The van der Waals surface area contributed by atoms with Crippen LogP contribution in [0.4, 0.5) is 10.2 Å². The van der Waals surface area contributed by atoms with Gasteiger partial charge in [0.05, 0.1) is 12.7 Å². The summed E-state index contributed by atoms with van der Waals surface area (Å²) in [7, 11) is 5.68. The predicted molar refractivity (Wildman–Crippen MR) is 169 cm³/mol. The summed E-state index contributed by atoms with van der Waals surface area (Å²) in [6, 6.07) is 2.49. The predicted octanol–water partition coefficient (Wildman–Crippen LogP) is 4.10. The summed E-state index contributed by atoms with van der Waals surface area (Å²) < 4.78 is 31.3. The molecule has 45 heavy (non-hydrogen) atoms. The van der Waals surface area contributed by atoms with Crippen LogP contribution in [0.25, 0.3) is 0 Å². The molecular weight excluding hydrogens is 581 g/mol. The number of rotatable bonds is 15. The van der Waals surface area contributed by atoms with Crippen LogP contribution in [0, 0.1) is 17.2 Å². The van der Waals surface area contributed by atoms with Crippen molar-refractivity contribution in [1.82, 2.24) is 29.9 Å². The number of carbonyl (C=O) groups is 2. The van der Waals surface area contributed by atoms with E-state index in [9.17, 15) is 14.0 Å². The summed E-state index contributed by atoms with van der Waals surface area (Å²) in [5.41, 5.74) is -0.00118. The maximum absolute atomic E-state index is 14.7. The maximum atomic E-state index is 14.7. The number of methoxy groups -OCH3 is 1. The van der Waals surface area contributed by atoms with Crippen LogP contribution >= 0.6 is 0 Å². The third-order valence-corrected chi connectivity index (χ3v) is 8.81. The normalized spacial score (nSPS) is 16.8. The molecule has 2 aliphatic rings. The van der Waals surface area contributed by atoms with E-state index in [2.05, 4.69) is 57.8 Å². The van der Waals surface area contributed by atoms with Gasteiger partial charge in [0, 0.05) is 56.3 Å². The van der Waals surface area contributed by atoms with Gasteiger partial charge in [-0.25, -0.2) is 4.39 Å². The van der Waals surface area contributed by atoms with Crippen molar-refractivity contribution in [2.75, 3.05) is 65.4 Å². The first kappa shape index (κ1) is 34.3. The second-order valence-corrected chi connectivity index (χ2v) is 13.0. The van der Waals surface area contributed by atoms with Gasteiger partial charge in [-0.05, 0) is 72.7 Å². The van der Waals surface area contributed by atoms with E-state index >= 15 is 0 Å². The van der Waals surface area contributed by atoms with Gasteiger partial charge in [-0.15, -0.1) is 5.10 Å². The van der Waals surface area contributed by atoms with Gasteiger partial charge in [-0.1, -0.05) is 18.9 Å². The van der Waals surface area contributed by atoms with Crippen molar-refractivity contribution in [1.29, 1.82) is 0 Å². The average Bonchev–Trinajstić information content (AvgIpc) is 3.42. The maximum Gasteiger partial charge on any atom is 0.337 e. The van der Waals surface area contributed by atoms with E-state index in [1.165, 1.54) is 7.11 Å². The zero-order valence-corrected chi connectivity index (χ0v) is 27.9. The summed E-state index contributed by atoms with van der Waals surface area (Å²) in [6.07, 6.45) is 3.30. The summed E-state index contributed by atoms with van der Waals surface area (Å²) in [6.45, 7) is 15.2. The van der Waals surface area contributed by atoms with Crippen LogP contribution < -0.4 is 19.1 Å². The first-order valence-corrected chi connectivity index (χ1v) is 15.8. The minimum absolute atomic E-state index is 0.00299. The highest BCUT2D eigenvalue weighted by Crippen LogP contribution is 2.46. The molecule has 1 aromatic heterocycles. The Balaban J connectivity index is 1.61. The molecule has 0 saturated carbocycles. The van der Waals surface area contributed by atoms with Crippen LogP contribution in [0.5, 0.6) is 23.4 Å². The molecule has 1 atom stereocenters. The fourth-order valence-electron chi connectivity index (χ4n) is 6.60. The van der Waals surface area contributed by atoms with Crippen LogP contribution in [0.1, 0.15) is 64.2 Å². The van der Waals surface area contributed by atoms with Gasteiger partial charge in [0.2, 0.25) is 0 Å². The molecule has 248 valence electrons. The summed E-state index contributed by atoms with van der Waals surface area (Å²) in [5, 5.41) is 8.25. The molecule has 0 N–H and O–H groups in total. The number of nitrogens with zero attached hydrogens (tertiary/aromatic N) is 7. The molecule has 4 rings (SSSR count). The largest absolute Gasteiger partial charge is 0.466 e. The van der Waals surface area contributed by atoms with Gasteiger partial charge in [-0.3, -0.25) is 14.5 Å². The quantitative estimate of drug-likeness (QED) is 0.266. The van der Waals surface area contributed by atoms with Crippen LogP contribution in [0.3, 0.4) is 0 Å². The fourth-order valence-corrected chi connectivity index (χ4v) is 6.60. The summed E-state index contributed by atoms with van der Waals surface area (Å²) >= 11 is 0. The zero-order valence-electron chi connectivity index (χ0n) is 27.9. The molecule has 2 aliphatic heterocycles. The molecular formula is C32H48FN7O5. The van der Waals surface area contributed by atoms with Crippen LogP contribution in [0.2, 0.25) is 0 Å². The second-order valence-electron chi connectivity index (χ2n) is 13.0. The molecule has 0 unspecified atom stereocenters. The van der Waals surface area contributed by atoms with E-state index in [-0.39, 0.29) is 46.9 Å². The Morgan fingerprint density at radius 1 is 1.16 bits per heavy atom. The smallest absolute Gasteiger partial charge is 0.337 e. The number of halogens is 1. The Kier molecular flexibility index (Phi) is 11.2. The summed E-state index contributed by atoms with van der Waals surface area (Å²) in [5.74, 6) is -0.675. The molecule has 2 aromatic rings. The monoisotopic (exact) mass is 629 g/mol. The number of benzene rings is 1. The number of aromatic nitrogens is 3. The van der Waals surface area contributed by atoms with E-state index in [1.807, 2.05) is 20.8 Å². The number of anilines is 1. The van der Waals surface area contributed by atoms with Crippen molar-refractivity contribution >= 4 is 18.2 Å². The van der Waals surface area contributed by atoms with Crippen molar-refractivity contribution in [3.8, 4) is 23.4 Å². The molecule has 0 bridgehead atoms. The third kappa shape index (κ3) is 7.81. The van der Waals surface area contributed by atoms with E-state index in [4.69, 9.17) is 14.2 Å². The second kappa shape index (κ2) is 14.7. The van der Waals surface area contributed by atoms with Crippen LogP contribution in [0.15, 0.2) is 12.1 Å². The van der Waals surface area contributed by atoms with Crippen molar-refractivity contribution in [2.24, 2.45) is 11.3 Å². The molecule has 2 saturated heterocycles. The topological polar surface area (TPSA) is 113 Å². The SMILES string of the molecule is CCN(C(=O)c1cc(F)cc(OC=O)c1Oc1nnc(OC)nc1N1CCC2(C1)CN([C@H](CCCN(C)C)C(C)C)C2)C(C)C. The zero-order chi connectivity index (χ0) is 32.9. The molecule has 3 heterocycles. The highest BCUT2D eigenvalue weighted by atomic mass is 19.1. The Morgan fingerprint density at radius 3 is 2.49 bits per heavy atom. The third-order valence-electron chi connectivity index (χ3n) is 8.81. The van der Waals surface area contributed by atoms with Crippen molar-refractivity contribution < 1.29 is 28.2 Å². The fraction of sp³-hybridized carbons (Fsp3) is 0.656. The lowest BCUT2D eigenvalue weighted by molar-refractivity contribution is -0.120. The minimum atomic E-state index is -0.751. The molecule has 1 spiro atoms. The number of amides is 1. The van der Waals surface area contributed by atoms with E-state index in [0.29, 0.717) is 30.9 Å². The van der Waals surface area contributed by atoms with E-state index < -0.39 is 11.7 Å². The highest BCUT2D eigenvalue weighted by molar-refractivity contribution is 5.98. The molecule has 0 radical (unpaired) electrons. The molecule has 0 aliphatic carbocycles. The standard InChI is InChI=1S/C32H48FN7O5/c1-9-40(22(4)5)30(42)24-15-23(33)16-26(44-20-41)27(24)45-29-28(34-31(43-8)36-35-29)38-14-12-32(17-38)18-39(19-32)25(21(2)3)11-10-13-37(6)7/h15-16,20-22,25H,9-14,17-19H2,1-8H3/t25-/m1/s1. The lowest BCUT2D eigenvalue weighted by Gasteiger charge is -2.53. The van der Waals surface area contributed by atoms with Crippen LogP contribution in [-0.2, 0) is 4.79 Å². The minimum Gasteiger partial charge on any atom is -0.466 e. The lowest BCUT2D eigenvalue weighted by Crippen LogP contribution is -2.62. The molecule has 1 aromatic carbocycles. The number of likely N-dealkylation sites (tertiary alicyclic amines) is 1. The Bertz CT molecular complexity index is 1340. The van der Waals surface area contributed by atoms with Crippen LogP contribution in [-0.4, -0.2) is 115 Å². The van der Waals surface area contributed by atoms with Gasteiger partial charge in [0.25, 0.3) is 18.3 Å². The molecule has 2 fully saturated rings. The lowest BCUT2D eigenvalue weighted by atomic mass is 9.76. The van der Waals surface area contributed by atoms with Gasteiger partial charge in [0.15, 0.2) is 17.3 Å². The van der Waals surface area contributed by atoms with Crippen molar-refractivity contribution in [3.05, 3.63) is 23.5 Å². The van der Waals surface area contributed by atoms with Gasteiger partial charge in [-0.2, -0.15) is 4.98 Å². The summed E-state index contributed by atoms with van der Waals surface area (Å²) in [4.78, 5) is 38.0. The number of hydrogen-bond acceptors (Lipinski definition) is 11.